The van der Waals surface area contributed by atoms with Crippen LogP contribution in [-0.2, 0) is 27.4 Å². The first kappa shape index (κ1) is 22.8. The molecule has 1 amide bonds. The molecule has 31 heavy (non-hydrogen) atoms. The molecule has 8 nitrogen and oxygen atoms in total. The fraction of sp³-hybridized carbons (Fsp3) is 0.333. The highest BCUT2D eigenvalue weighted by molar-refractivity contribution is 7.98. The van der Waals surface area contributed by atoms with Crippen LogP contribution in [-0.4, -0.2) is 33.9 Å². The Kier molecular flexibility index (Phi) is 7.01. The molecular weight excluding hydrogens is 438 g/mol. The molecule has 3 rings (SSSR count). The van der Waals surface area contributed by atoms with Crippen molar-refractivity contribution >= 4 is 50.2 Å². The van der Waals surface area contributed by atoms with Gasteiger partial charge >= 0.3 is 11.7 Å². The number of aryl methyl sites for hydroxylation is 1. The lowest BCUT2D eigenvalue weighted by molar-refractivity contribution is -0.144. The smallest absolute Gasteiger partial charge is 0.332 e. The molecule has 3 aromatic rings. The number of benzene rings is 1. The van der Waals surface area contributed by atoms with Crippen LogP contribution in [0.2, 0.25) is 0 Å². The molecular formula is C21H23N3O5S2. The first-order valence-corrected chi connectivity index (χ1v) is 11.6. The van der Waals surface area contributed by atoms with Gasteiger partial charge in [-0.25, -0.2) is 9.36 Å². The van der Waals surface area contributed by atoms with Gasteiger partial charge in [-0.15, -0.1) is 11.8 Å². The largest absolute Gasteiger partial charge is 0.465 e. The van der Waals surface area contributed by atoms with E-state index in [4.69, 9.17) is 4.74 Å². The zero-order valence-corrected chi connectivity index (χ0v) is 19.3. The minimum Gasteiger partial charge on any atom is -0.465 e. The van der Waals surface area contributed by atoms with Crippen molar-refractivity contribution in [2.45, 2.75) is 38.8 Å². The zero-order valence-electron chi connectivity index (χ0n) is 17.7. The molecule has 0 spiro atoms. The molecule has 2 heterocycles. The number of amides is 1. The Labute approximate surface area is 186 Å². The van der Waals surface area contributed by atoms with Gasteiger partial charge in [-0.05, 0) is 37.3 Å². The number of carbonyl (C=O) groups excluding carboxylic acids is 2. The fourth-order valence-electron chi connectivity index (χ4n) is 3.29. The minimum atomic E-state index is -0.660. The summed E-state index contributed by atoms with van der Waals surface area (Å²) in [5.74, 6) is -0.935. The molecule has 0 radical (unpaired) electrons. The monoisotopic (exact) mass is 461 g/mol. The SMILES string of the molecule is CCOC(=O)Cn1c(=O)c2c(C)c(NC(C)=O)sc2n(Cc2ccccc2SC)c1=O. The third kappa shape index (κ3) is 4.59. The number of aromatic nitrogens is 2. The number of carbonyl (C=O) groups is 2. The van der Waals surface area contributed by atoms with Crippen molar-refractivity contribution in [1.82, 2.24) is 9.13 Å². The highest BCUT2D eigenvalue weighted by Gasteiger charge is 2.22. The molecule has 0 aliphatic heterocycles. The predicted molar refractivity (Wildman–Crippen MR) is 123 cm³/mol. The molecule has 0 fully saturated rings. The summed E-state index contributed by atoms with van der Waals surface area (Å²) in [5.41, 5.74) is 0.293. The second-order valence-corrected chi connectivity index (χ2v) is 8.64. The summed E-state index contributed by atoms with van der Waals surface area (Å²) in [7, 11) is 0. The molecule has 10 heteroatoms. The number of thiophene rings is 1. The predicted octanol–water partition coefficient (Wildman–Crippen LogP) is 2.82. The summed E-state index contributed by atoms with van der Waals surface area (Å²) in [5, 5.41) is 3.53. The van der Waals surface area contributed by atoms with Gasteiger partial charge in [-0.1, -0.05) is 29.5 Å². The third-order valence-electron chi connectivity index (χ3n) is 4.70. The molecule has 0 bridgehead atoms. The summed E-state index contributed by atoms with van der Waals surface area (Å²) in [6.07, 6.45) is 1.95. The number of anilines is 1. The van der Waals surface area contributed by atoms with Gasteiger partial charge in [0, 0.05) is 11.8 Å². The van der Waals surface area contributed by atoms with Gasteiger partial charge in [0.25, 0.3) is 5.56 Å². The summed E-state index contributed by atoms with van der Waals surface area (Å²) in [4.78, 5) is 51.6. The molecule has 1 aromatic carbocycles. The molecule has 0 aliphatic carbocycles. The summed E-state index contributed by atoms with van der Waals surface area (Å²) >= 11 is 2.73. The van der Waals surface area contributed by atoms with Crippen LogP contribution >= 0.6 is 23.1 Å². The maximum atomic E-state index is 13.3. The summed E-state index contributed by atoms with van der Waals surface area (Å²) < 4.78 is 7.33. The van der Waals surface area contributed by atoms with Crippen LogP contribution in [0.4, 0.5) is 5.00 Å². The number of thioether (sulfide) groups is 1. The summed E-state index contributed by atoms with van der Waals surface area (Å²) in [6.45, 7) is 4.64. The number of nitrogens with one attached hydrogen (secondary N) is 1. The lowest BCUT2D eigenvalue weighted by Gasteiger charge is -2.13. The maximum Gasteiger partial charge on any atom is 0.332 e. The van der Waals surface area contributed by atoms with Gasteiger partial charge in [0.2, 0.25) is 5.91 Å². The fourth-order valence-corrected chi connectivity index (χ4v) is 5.14. The number of rotatable bonds is 7. The van der Waals surface area contributed by atoms with E-state index in [0.717, 1.165) is 15.0 Å². The zero-order chi connectivity index (χ0) is 22.7. The first-order chi connectivity index (χ1) is 14.8. The number of nitrogens with zero attached hydrogens (tertiary/aromatic N) is 2. The standard InChI is InChI=1S/C21H23N3O5S2/c1-5-29-16(26)11-23-19(27)17-12(2)18(22-13(3)25)31-20(17)24(21(23)28)10-14-8-6-7-9-15(14)30-4/h6-9H,5,10-11H2,1-4H3,(H,22,25). The molecule has 1 N–H and O–H groups in total. The first-order valence-electron chi connectivity index (χ1n) is 9.60. The Hall–Kier alpha value is -2.85. The quantitative estimate of drug-likeness (QED) is 0.429. The van der Waals surface area contributed by atoms with E-state index in [0.29, 0.717) is 20.8 Å². The van der Waals surface area contributed by atoms with E-state index in [-0.39, 0.29) is 19.1 Å². The number of ether oxygens (including phenoxy) is 1. The number of esters is 1. The van der Waals surface area contributed by atoms with Crippen molar-refractivity contribution in [3.8, 4) is 0 Å². The van der Waals surface area contributed by atoms with Crippen LogP contribution in [0.5, 0.6) is 0 Å². The van der Waals surface area contributed by atoms with Crippen LogP contribution in [0, 0.1) is 6.92 Å². The average molecular weight is 462 g/mol. The van der Waals surface area contributed by atoms with Crippen LogP contribution < -0.4 is 16.6 Å². The highest BCUT2D eigenvalue weighted by atomic mass is 32.2. The number of fused-ring (bicyclic) bond motifs is 1. The molecule has 0 saturated heterocycles. The van der Waals surface area contributed by atoms with Crippen molar-refractivity contribution in [3.63, 3.8) is 0 Å². The Balaban J connectivity index is 2.29. The molecule has 0 aliphatic rings. The molecule has 164 valence electrons. The second kappa shape index (κ2) is 9.52. The molecule has 0 atom stereocenters. The van der Waals surface area contributed by atoms with Gasteiger partial charge in [-0.3, -0.25) is 19.0 Å². The van der Waals surface area contributed by atoms with E-state index in [1.807, 2.05) is 30.5 Å². The number of hydrogen-bond donors (Lipinski definition) is 1. The lowest BCUT2D eigenvalue weighted by Crippen LogP contribution is -2.42. The van der Waals surface area contributed by atoms with E-state index < -0.39 is 23.8 Å². The van der Waals surface area contributed by atoms with Crippen molar-refractivity contribution in [2.75, 3.05) is 18.2 Å². The van der Waals surface area contributed by atoms with Gasteiger partial charge in [0.05, 0.1) is 18.5 Å². The van der Waals surface area contributed by atoms with Gasteiger partial charge < -0.3 is 10.1 Å². The van der Waals surface area contributed by atoms with Crippen molar-refractivity contribution in [3.05, 3.63) is 56.2 Å². The van der Waals surface area contributed by atoms with Gasteiger partial charge in [0.1, 0.15) is 16.4 Å². The van der Waals surface area contributed by atoms with Crippen molar-refractivity contribution in [1.29, 1.82) is 0 Å². The van der Waals surface area contributed by atoms with Crippen LogP contribution in [0.3, 0.4) is 0 Å². The van der Waals surface area contributed by atoms with E-state index in [9.17, 15) is 19.2 Å². The van der Waals surface area contributed by atoms with E-state index >= 15 is 0 Å². The lowest BCUT2D eigenvalue weighted by atomic mass is 10.2. The van der Waals surface area contributed by atoms with E-state index in [1.165, 1.54) is 22.8 Å². The summed E-state index contributed by atoms with van der Waals surface area (Å²) in [6, 6.07) is 7.67. The Morgan fingerprint density at radius 3 is 2.55 bits per heavy atom. The van der Waals surface area contributed by atoms with E-state index in [1.54, 1.807) is 25.6 Å². The molecule has 0 saturated carbocycles. The second-order valence-electron chi connectivity index (χ2n) is 6.79. The maximum absolute atomic E-state index is 13.3. The van der Waals surface area contributed by atoms with Gasteiger partial charge in [-0.2, -0.15) is 0 Å². The normalized spacial score (nSPS) is 11.0. The third-order valence-corrected chi connectivity index (χ3v) is 6.77. The van der Waals surface area contributed by atoms with Crippen LogP contribution in [0.25, 0.3) is 10.2 Å². The van der Waals surface area contributed by atoms with Crippen molar-refractivity contribution in [2.24, 2.45) is 0 Å². The van der Waals surface area contributed by atoms with Crippen LogP contribution in [0.15, 0.2) is 38.8 Å². The highest BCUT2D eigenvalue weighted by Crippen LogP contribution is 2.33. The topological polar surface area (TPSA) is 99.4 Å². The number of hydrogen-bond acceptors (Lipinski definition) is 7. The van der Waals surface area contributed by atoms with Crippen LogP contribution in [0.1, 0.15) is 25.0 Å². The molecule has 0 unspecified atom stereocenters. The van der Waals surface area contributed by atoms with Gasteiger partial charge in [0.15, 0.2) is 0 Å². The Morgan fingerprint density at radius 2 is 1.90 bits per heavy atom. The average Bonchev–Trinajstić information content (AvgIpc) is 3.04. The Morgan fingerprint density at radius 1 is 1.19 bits per heavy atom. The Bertz CT molecular complexity index is 1270. The molecule has 2 aromatic heterocycles. The van der Waals surface area contributed by atoms with Crippen molar-refractivity contribution < 1.29 is 14.3 Å². The van der Waals surface area contributed by atoms with E-state index in [2.05, 4.69) is 5.32 Å². The minimum absolute atomic E-state index is 0.148.